The summed E-state index contributed by atoms with van der Waals surface area (Å²) in [4.78, 5) is 44.1. The van der Waals surface area contributed by atoms with E-state index in [0.29, 0.717) is 5.39 Å². The number of furan rings is 1. The third-order valence-corrected chi connectivity index (χ3v) is 3.66. The maximum atomic E-state index is 11.3. The molecule has 1 aromatic carbocycles. The van der Waals surface area contributed by atoms with Gasteiger partial charge in [0.05, 0.1) is 18.8 Å². The number of aliphatic carboxylic acids is 4. The van der Waals surface area contributed by atoms with Crippen molar-refractivity contribution in [3.8, 4) is 0 Å². The summed E-state index contributed by atoms with van der Waals surface area (Å²) in [5.74, 6) is -7.98. The van der Waals surface area contributed by atoms with Crippen LogP contribution in [-0.2, 0) is 19.2 Å². The molecule has 9 heteroatoms. The number of hydrogen-bond donors (Lipinski definition) is 4. The summed E-state index contributed by atoms with van der Waals surface area (Å²) in [6.07, 6.45) is -1.28. The molecule has 25 heavy (non-hydrogen) atoms. The van der Waals surface area contributed by atoms with Crippen molar-refractivity contribution >= 4 is 34.8 Å². The molecule has 0 bridgehead atoms. The van der Waals surface area contributed by atoms with Gasteiger partial charge in [-0.05, 0) is 23.8 Å². The van der Waals surface area contributed by atoms with E-state index in [9.17, 15) is 24.3 Å². The summed E-state index contributed by atoms with van der Waals surface area (Å²) in [6, 6.07) is 5.49. The number of hydrogen-bond acceptors (Lipinski definition) is 5. The van der Waals surface area contributed by atoms with Crippen molar-refractivity contribution in [2.24, 2.45) is 0 Å². The lowest BCUT2D eigenvalue weighted by molar-refractivity contribution is -0.145. The summed E-state index contributed by atoms with van der Waals surface area (Å²) in [6.45, 7) is 0. The Labute approximate surface area is 140 Å². The van der Waals surface area contributed by atoms with Gasteiger partial charge in [0, 0.05) is 5.39 Å². The van der Waals surface area contributed by atoms with Gasteiger partial charge in [-0.15, -0.1) is 0 Å². The van der Waals surface area contributed by atoms with Crippen molar-refractivity contribution < 1.29 is 44.0 Å². The highest BCUT2D eigenvalue weighted by Gasteiger charge is 2.28. The lowest BCUT2D eigenvalue weighted by atomic mass is 9.94. The molecule has 0 fully saturated rings. The fourth-order valence-corrected chi connectivity index (χ4v) is 2.48. The molecular formula is C16H14O9. The van der Waals surface area contributed by atoms with Gasteiger partial charge in [-0.3, -0.25) is 19.2 Å². The zero-order chi connectivity index (χ0) is 18.7. The van der Waals surface area contributed by atoms with Crippen molar-refractivity contribution in [2.75, 3.05) is 0 Å². The molecule has 0 aliphatic rings. The lowest BCUT2D eigenvalue weighted by Crippen LogP contribution is -2.15. The molecule has 2 unspecified atom stereocenters. The molecule has 0 aliphatic heterocycles. The first-order valence-electron chi connectivity index (χ1n) is 7.11. The molecule has 0 saturated carbocycles. The molecule has 9 nitrogen and oxygen atoms in total. The van der Waals surface area contributed by atoms with E-state index in [0.717, 1.165) is 0 Å². The van der Waals surface area contributed by atoms with E-state index in [1.807, 2.05) is 0 Å². The summed E-state index contributed by atoms with van der Waals surface area (Å²) in [7, 11) is 0. The normalized spacial score (nSPS) is 13.3. The monoisotopic (exact) mass is 350 g/mol. The zero-order valence-corrected chi connectivity index (χ0v) is 12.7. The van der Waals surface area contributed by atoms with Crippen LogP contribution in [-0.4, -0.2) is 44.3 Å². The smallest absolute Gasteiger partial charge is 0.314 e. The first-order valence-corrected chi connectivity index (χ1v) is 7.11. The van der Waals surface area contributed by atoms with Crippen LogP contribution >= 0.6 is 0 Å². The van der Waals surface area contributed by atoms with Crippen molar-refractivity contribution in [1.82, 2.24) is 0 Å². The molecule has 2 atom stereocenters. The lowest BCUT2D eigenvalue weighted by Gasteiger charge is -2.09. The number of benzene rings is 1. The number of fused-ring (bicyclic) bond motifs is 1. The summed E-state index contributed by atoms with van der Waals surface area (Å²) in [5, 5.41) is 36.3. The van der Waals surface area contributed by atoms with Crippen LogP contribution in [0, 0.1) is 0 Å². The molecule has 1 aromatic heterocycles. The Balaban J connectivity index is 2.43. The van der Waals surface area contributed by atoms with Crippen LogP contribution in [0.4, 0.5) is 0 Å². The highest BCUT2D eigenvalue weighted by molar-refractivity contribution is 5.87. The van der Waals surface area contributed by atoms with Gasteiger partial charge in [-0.2, -0.15) is 0 Å². The van der Waals surface area contributed by atoms with Crippen LogP contribution < -0.4 is 0 Å². The average Bonchev–Trinajstić information content (AvgIpc) is 2.91. The second-order valence-electron chi connectivity index (χ2n) is 5.42. The Bertz CT molecular complexity index is 816. The van der Waals surface area contributed by atoms with Crippen LogP contribution in [0.25, 0.3) is 11.0 Å². The third kappa shape index (κ3) is 4.14. The van der Waals surface area contributed by atoms with Gasteiger partial charge in [0.2, 0.25) is 0 Å². The fraction of sp³-hybridized carbons (Fsp3) is 0.250. The third-order valence-electron chi connectivity index (χ3n) is 3.66. The molecule has 1 heterocycles. The minimum atomic E-state index is -1.39. The van der Waals surface area contributed by atoms with E-state index in [2.05, 4.69) is 0 Å². The Hall–Kier alpha value is -3.36. The van der Waals surface area contributed by atoms with Crippen LogP contribution in [0.15, 0.2) is 28.7 Å². The van der Waals surface area contributed by atoms with Gasteiger partial charge in [-0.1, -0.05) is 6.07 Å². The minimum Gasteiger partial charge on any atom is -0.481 e. The summed E-state index contributed by atoms with van der Waals surface area (Å²) < 4.78 is 5.36. The quantitative estimate of drug-likeness (QED) is 0.555. The molecule has 0 radical (unpaired) electrons. The fourth-order valence-electron chi connectivity index (χ4n) is 2.48. The van der Waals surface area contributed by atoms with E-state index in [4.69, 9.17) is 19.7 Å². The van der Waals surface area contributed by atoms with Crippen molar-refractivity contribution in [3.63, 3.8) is 0 Å². The highest BCUT2D eigenvalue weighted by atomic mass is 16.4. The average molecular weight is 350 g/mol. The van der Waals surface area contributed by atoms with Gasteiger partial charge < -0.3 is 24.8 Å². The van der Waals surface area contributed by atoms with E-state index in [1.54, 1.807) is 0 Å². The van der Waals surface area contributed by atoms with Crippen LogP contribution in [0.1, 0.15) is 36.0 Å². The molecule has 0 aliphatic carbocycles. The second kappa shape index (κ2) is 7.04. The van der Waals surface area contributed by atoms with E-state index in [-0.39, 0.29) is 16.9 Å². The first kappa shape index (κ1) is 18.0. The maximum absolute atomic E-state index is 11.3. The largest absolute Gasteiger partial charge is 0.481 e. The summed E-state index contributed by atoms with van der Waals surface area (Å²) in [5.41, 5.74) is 0.467. The molecule has 2 rings (SSSR count). The molecular weight excluding hydrogens is 336 g/mol. The molecule has 2 aromatic rings. The predicted octanol–water partition coefficient (Wildman–Crippen LogP) is 1.72. The van der Waals surface area contributed by atoms with E-state index < -0.39 is 48.6 Å². The Kier molecular flexibility index (Phi) is 5.06. The standard InChI is InChI=1S/C16H14O9/c17-13(18)5-9(15(21)22)7-1-2-11-8(3-7)4-12(25-11)10(16(23)24)6-14(19)20/h1-4,9-10H,5-6H2,(H,17,18)(H,19,20)(H,21,22)(H,23,24). The molecule has 4 N–H and O–H groups in total. The second-order valence-corrected chi connectivity index (χ2v) is 5.42. The van der Waals surface area contributed by atoms with Crippen LogP contribution in [0.5, 0.6) is 0 Å². The van der Waals surface area contributed by atoms with Gasteiger partial charge in [0.25, 0.3) is 0 Å². The van der Waals surface area contributed by atoms with Crippen molar-refractivity contribution in [1.29, 1.82) is 0 Å². The minimum absolute atomic E-state index is 0.0767. The molecule has 0 spiro atoms. The SMILES string of the molecule is O=C(O)CC(C(=O)O)c1ccc2oc(C(CC(=O)O)C(=O)O)cc2c1. The predicted molar refractivity (Wildman–Crippen MR) is 81.5 cm³/mol. The van der Waals surface area contributed by atoms with E-state index >= 15 is 0 Å². The zero-order valence-electron chi connectivity index (χ0n) is 12.7. The number of carboxylic acids is 4. The first-order chi connectivity index (χ1) is 11.7. The number of carbonyl (C=O) groups is 4. The van der Waals surface area contributed by atoms with Gasteiger partial charge in [0.1, 0.15) is 17.3 Å². The summed E-state index contributed by atoms with van der Waals surface area (Å²) >= 11 is 0. The van der Waals surface area contributed by atoms with Crippen molar-refractivity contribution in [3.05, 3.63) is 35.6 Å². The highest BCUT2D eigenvalue weighted by Crippen LogP contribution is 2.31. The van der Waals surface area contributed by atoms with Gasteiger partial charge in [0.15, 0.2) is 0 Å². The van der Waals surface area contributed by atoms with E-state index in [1.165, 1.54) is 24.3 Å². The topological polar surface area (TPSA) is 162 Å². The van der Waals surface area contributed by atoms with Crippen LogP contribution in [0.2, 0.25) is 0 Å². The van der Waals surface area contributed by atoms with Gasteiger partial charge in [-0.25, -0.2) is 0 Å². The number of rotatable bonds is 8. The molecule has 0 amide bonds. The molecule has 132 valence electrons. The number of carboxylic acid groups (broad SMARTS) is 4. The molecule has 0 saturated heterocycles. The Morgan fingerprint density at radius 1 is 0.840 bits per heavy atom. The Morgan fingerprint density at radius 3 is 1.92 bits per heavy atom. The van der Waals surface area contributed by atoms with Gasteiger partial charge >= 0.3 is 23.9 Å². The van der Waals surface area contributed by atoms with Crippen molar-refractivity contribution in [2.45, 2.75) is 24.7 Å². The maximum Gasteiger partial charge on any atom is 0.314 e. The Morgan fingerprint density at radius 2 is 1.40 bits per heavy atom. The van der Waals surface area contributed by atoms with Crippen LogP contribution in [0.3, 0.4) is 0 Å².